The summed E-state index contributed by atoms with van der Waals surface area (Å²) in [5.74, 6) is 0.230. The topological polar surface area (TPSA) is 41.6 Å². The number of anilines is 2. The summed E-state index contributed by atoms with van der Waals surface area (Å²) in [6.07, 6.45) is 0.824. The van der Waals surface area contributed by atoms with Crippen LogP contribution in [0.4, 0.5) is 15.8 Å². The molecule has 1 N–H and O–H groups in total. The van der Waals surface area contributed by atoms with E-state index < -0.39 is 0 Å². The number of ether oxygens (including phenoxy) is 1. The van der Waals surface area contributed by atoms with Gasteiger partial charge in [0.25, 0.3) is 5.91 Å². The lowest BCUT2D eigenvalue weighted by molar-refractivity contribution is -0.121. The molecule has 0 unspecified atom stereocenters. The summed E-state index contributed by atoms with van der Waals surface area (Å²) >= 11 is 0. The number of carbonyl (C=O) groups is 1. The minimum absolute atomic E-state index is 0.0282. The minimum Gasteiger partial charge on any atom is -0.484 e. The second kappa shape index (κ2) is 9.21. The van der Waals surface area contributed by atoms with E-state index in [9.17, 15) is 9.18 Å². The number of carbonyl (C=O) groups excluding carboxylic acids is 1. The van der Waals surface area contributed by atoms with E-state index in [2.05, 4.69) is 37.4 Å². The van der Waals surface area contributed by atoms with Gasteiger partial charge in [0.1, 0.15) is 11.6 Å². The van der Waals surface area contributed by atoms with Crippen molar-refractivity contribution in [2.75, 3.05) is 16.8 Å². The Balaban J connectivity index is 1.61. The van der Waals surface area contributed by atoms with Gasteiger partial charge in [-0.1, -0.05) is 50.2 Å². The van der Waals surface area contributed by atoms with E-state index in [4.69, 9.17) is 4.74 Å². The number of nitrogens with zero attached hydrogens (tertiary/aromatic N) is 1. The third-order valence-electron chi connectivity index (χ3n) is 5.95. The molecule has 5 heteroatoms. The molecule has 31 heavy (non-hydrogen) atoms. The zero-order valence-corrected chi connectivity index (χ0v) is 17.8. The number of rotatable bonds is 6. The van der Waals surface area contributed by atoms with Crippen LogP contribution in [0.3, 0.4) is 0 Å². The van der Waals surface area contributed by atoms with Gasteiger partial charge in [-0.25, -0.2) is 4.39 Å². The van der Waals surface area contributed by atoms with Crippen LogP contribution in [0.2, 0.25) is 0 Å². The smallest absolute Gasteiger partial charge is 0.265 e. The molecule has 1 aliphatic heterocycles. The van der Waals surface area contributed by atoms with E-state index >= 15 is 0 Å². The number of nitrogens with one attached hydrogen (secondary N) is 1. The maximum atomic E-state index is 13.3. The number of hydrogen-bond acceptors (Lipinski definition) is 3. The zero-order chi connectivity index (χ0) is 21.8. The monoisotopic (exact) mass is 418 g/mol. The molecule has 1 heterocycles. The molecule has 3 atom stereocenters. The van der Waals surface area contributed by atoms with Crippen molar-refractivity contribution in [2.45, 2.75) is 32.4 Å². The normalized spacial score (nSPS) is 20.1. The van der Waals surface area contributed by atoms with Crippen molar-refractivity contribution in [3.8, 4) is 5.75 Å². The summed E-state index contributed by atoms with van der Waals surface area (Å²) in [7, 11) is 0. The minimum atomic E-state index is -0.333. The van der Waals surface area contributed by atoms with Crippen LogP contribution < -0.4 is 15.0 Å². The molecule has 0 aromatic heterocycles. The van der Waals surface area contributed by atoms with E-state index in [1.807, 2.05) is 41.3 Å². The van der Waals surface area contributed by atoms with Crippen molar-refractivity contribution < 1.29 is 13.9 Å². The molecule has 0 spiro atoms. The molecule has 0 saturated heterocycles. The van der Waals surface area contributed by atoms with Crippen molar-refractivity contribution in [1.82, 2.24) is 0 Å². The Bertz CT molecular complexity index is 1020. The van der Waals surface area contributed by atoms with Crippen molar-refractivity contribution in [1.29, 1.82) is 0 Å². The summed E-state index contributed by atoms with van der Waals surface area (Å²) in [6.45, 7) is 4.20. The third-order valence-corrected chi connectivity index (χ3v) is 5.95. The molecule has 1 amide bonds. The van der Waals surface area contributed by atoms with Crippen molar-refractivity contribution >= 4 is 17.3 Å². The molecular formula is C26H27FN2O2. The average Bonchev–Trinajstić information content (AvgIpc) is 2.80. The van der Waals surface area contributed by atoms with Crippen LogP contribution in [0.1, 0.15) is 31.9 Å². The van der Waals surface area contributed by atoms with Crippen molar-refractivity contribution in [2.24, 2.45) is 5.92 Å². The van der Waals surface area contributed by atoms with E-state index in [1.165, 1.54) is 24.3 Å². The van der Waals surface area contributed by atoms with E-state index in [1.54, 1.807) is 0 Å². The maximum Gasteiger partial charge on any atom is 0.265 e. The SMILES string of the molecule is CC[C@@H]1[C@@H](C)[C@H](Nc2ccccc2)c2ccccc2N1C(=O)COc1ccc(F)cc1. The fourth-order valence-electron chi connectivity index (χ4n) is 4.43. The van der Waals surface area contributed by atoms with Crippen LogP contribution in [0.5, 0.6) is 5.75 Å². The molecule has 0 saturated carbocycles. The van der Waals surface area contributed by atoms with Gasteiger partial charge in [0.05, 0.1) is 6.04 Å². The summed E-state index contributed by atoms with van der Waals surface area (Å²) in [5.41, 5.74) is 3.07. The Hall–Kier alpha value is -3.34. The van der Waals surface area contributed by atoms with Gasteiger partial charge in [-0.05, 0) is 54.4 Å². The Morgan fingerprint density at radius 1 is 1.00 bits per heavy atom. The van der Waals surface area contributed by atoms with Gasteiger partial charge in [0.15, 0.2) is 6.61 Å². The lowest BCUT2D eigenvalue weighted by Gasteiger charge is -2.45. The summed E-state index contributed by atoms with van der Waals surface area (Å²) < 4.78 is 18.8. The van der Waals surface area contributed by atoms with E-state index in [0.717, 1.165) is 23.4 Å². The molecule has 160 valence electrons. The highest BCUT2D eigenvalue weighted by Gasteiger charge is 2.40. The number of benzene rings is 3. The average molecular weight is 419 g/mol. The Morgan fingerprint density at radius 3 is 2.39 bits per heavy atom. The molecule has 0 fully saturated rings. The zero-order valence-electron chi connectivity index (χ0n) is 17.8. The second-order valence-electron chi connectivity index (χ2n) is 7.89. The van der Waals surface area contributed by atoms with Gasteiger partial charge in [-0.3, -0.25) is 4.79 Å². The van der Waals surface area contributed by atoms with Crippen LogP contribution in [0.15, 0.2) is 78.9 Å². The lowest BCUT2D eigenvalue weighted by atomic mass is 9.81. The van der Waals surface area contributed by atoms with Crippen LogP contribution in [0, 0.1) is 11.7 Å². The molecule has 0 aliphatic carbocycles. The molecule has 1 aliphatic rings. The van der Waals surface area contributed by atoms with Crippen molar-refractivity contribution in [3.63, 3.8) is 0 Å². The first-order valence-electron chi connectivity index (χ1n) is 10.7. The fourth-order valence-corrected chi connectivity index (χ4v) is 4.43. The lowest BCUT2D eigenvalue weighted by Crippen LogP contribution is -2.51. The third kappa shape index (κ3) is 4.41. The molecule has 4 nitrogen and oxygen atoms in total. The molecule has 4 rings (SSSR count). The van der Waals surface area contributed by atoms with Crippen LogP contribution in [-0.4, -0.2) is 18.6 Å². The van der Waals surface area contributed by atoms with Gasteiger partial charge < -0.3 is 15.0 Å². The first-order chi connectivity index (χ1) is 15.1. The van der Waals surface area contributed by atoms with Gasteiger partial charge in [0.2, 0.25) is 0 Å². The molecule has 3 aromatic carbocycles. The molecule has 0 radical (unpaired) electrons. The highest BCUT2D eigenvalue weighted by molar-refractivity contribution is 5.96. The Morgan fingerprint density at radius 2 is 1.68 bits per heavy atom. The predicted molar refractivity (Wildman–Crippen MR) is 122 cm³/mol. The summed E-state index contributed by atoms with van der Waals surface area (Å²) in [6, 6.07) is 24.0. The second-order valence-corrected chi connectivity index (χ2v) is 7.89. The number of amides is 1. The van der Waals surface area contributed by atoms with Gasteiger partial charge in [-0.2, -0.15) is 0 Å². The van der Waals surface area contributed by atoms with Gasteiger partial charge in [-0.15, -0.1) is 0 Å². The largest absolute Gasteiger partial charge is 0.484 e. The number of hydrogen-bond donors (Lipinski definition) is 1. The molecule has 3 aromatic rings. The predicted octanol–water partition coefficient (Wildman–Crippen LogP) is 5.82. The van der Waals surface area contributed by atoms with E-state index in [0.29, 0.717) is 5.75 Å². The van der Waals surface area contributed by atoms with E-state index in [-0.39, 0.29) is 36.3 Å². The fraction of sp³-hybridized carbons (Fsp3) is 0.269. The van der Waals surface area contributed by atoms with Gasteiger partial charge >= 0.3 is 0 Å². The number of para-hydroxylation sites is 2. The highest BCUT2D eigenvalue weighted by Crippen LogP contribution is 2.43. The number of fused-ring (bicyclic) bond motifs is 1. The standard InChI is InChI=1S/C26H27FN2O2/c1-3-23-18(2)26(28-20-9-5-4-6-10-20)22-11-7-8-12-24(22)29(23)25(30)17-31-21-15-13-19(27)14-16-21/h4-16,18,23,26,28H,3,17H2,1-2H3/t18-,23-,26+/m1/s1. The first kappa shape index (κ1) is 20.9. The summed E-state index contributed by atoms with van der Waals surface area (Å²) in [5, 5.41) is 3.67. The highest BCUT2D eigenvalue weighted by atomic mass is 19.1. The quantitative estimate of drug-likeness (QED) is 0.548. The number of halogens is 1. The Kier molecular flexibility index (Phi) is 6.21. The van der Waals surface area contributed by atoms with Crippen LogP contribution in [0.25, 0.3) is 0 Å². The van der Waals surface area contributed by atoms with Crippen molar-refractivity contribution in [3.05, 3.63) is 90.2 Å². The van der Waals surface area contributed by atoms with Crippen LogP contribution in [-0.2, 0) is 4.79 Å². The van der Waals surface area contributed by atoms with Gasteiger partial charge in [0, 0.05) is 23.3 Å². The first-order valence-corrected chi connectivity index (χ1v) is 10.7. The van der Waals surface area contributed by atoms with Crippen LogP contribution >= 0.6 is 0 Å². The summed E-state index contributed by atoms with van der Waals surface area (Å²) in [4.78, 5) is 15.2. The Labute approximate surface area is 182 Å². The molecule has 0 bridgehead atoms. The maximum absolute atomic E-state index is 13.3. The molecular weight excluding hydrogens is 391 g/mol.